The number of benzene rings is 1. The molecule has 6 nitrogen and oxygen atoms in total. The molecule has 1 aliphatic carbocycles. The Labute approximate surface area is 136 Å². The molecule has 0 atom stereocenters. The Kier molecular flexibility index (Phi) is 4.90. The van der Waals surface area contributed by atoms with E-state index in [-0.39, 0.29) is 0 Å². The maximum Gasteiger partial charge on any atom is 0.249 e. The zero-order valence-electron chi connectivity index (χ0n) is 13.7. The largest absolute Gasteiger partial charge is 0.495 e. The maximum absolute atomic E-state index is 5.37. The van der Waals surface area contributed by atoms with Crippen LogP contribution in [0.25, 0.3) is 0 Å². The van der Waals surface area contributed by atoms with Crippen molar-refractivity contribution >= 4 is 17.5 Å². The molecule has 1 aromatic heterocycles. The maximum atomic E-state index is 5.37. The molecule has 122 valence electrons. The van der Waals surface area contributed by atoms with Crippen LogP contribution < -0.4 is 15.4 Å². The third-order valence-electron chi connectivity index (χ3n) is 4.12. The molecule has 0 bridgehead atoms. The Hall–Kier alpha value is -2.37. The van der Waals surface area contributed by atoms with Gasteiger partial charge in [0.15, 0.2) is 5.82 Å². The normalized spacial score (nSPS) is 15.2. The molecule has 0 amide bonds. The molecule has 1 aromatic carbocycles. The SMILES string of the molecule is COc1ccc(C)cc1Nc1nncc(NC2CCCCC2)n1. The number of methoxy groups -OCH3 is 1. The van der Waals surface area contributed by atoms with E-state index in [1.807, 2.05) is 25.1 Å². The molecule has 1 heterocycles. The van der Waals surface area contributed by atoms with Crippen LogP contribution in [-0.4, -0.2) is 28.3 Å². The van der Waals surface area contributed by atoms with Gasteiger partial charge in [-0.15, -0.1) is 5.10 Å². The van der Waals surface area contributed by atoms with Crippen LogP contribution in [0, 0.1) is 6.92 Å². The van der Waals surface area contributed by atoms with Crippen LogP contribution in [0.1, 0.15) is 37.7 Å². The number of rotatable bonds is 5. The second-order valence-corrected chi connectivity index (χ2v) is 5.97. The third-order valence-corrected chi connectivity index (χ3v) is 4.12. The van der Waals surface area contributed by atoms with Gasteiger partial charge in [0.25, 0.3) is 0 Å². The average molecular weight is 313 g/mol. The van der Waals surface area contributed by atoms with Gasteiger partial charge in [0.05, 0.1) is 19.0 Å². The second-order valence-electron chi connectivity index (χ2n) is 5.97. The number of ether oxygens (including phenoxy) is 1. The molecule has 1 aliphatic rings. The van der Waals surface area contributed by atoms with Crippen LogP contribution >= 0.6 is 0 Å². The number of aromatic nitrogens is 3. The summed E-state index contributed by atoms with van der Waals surface area (Å²) >= 11 is 0. The van der Waals surface area contributed by atoms with Crippen molar-refractivity contribution in [3.05, 3.63) is 30.0 Å². The van der Waals surface area contributed by atoms with Gasteiger partial charge < -0.3 is 15.4 Å². The molecular weight excluding hydrogens is 290 g/mol. The minimum atomic E-state index is 0.467. The first-order valence-corrected chi connectivity index (χ1v) is 8.12. The van der Waals surface area contributed by atoms with Crippen LogP contribution in [0.5, 0.6) is 5.75 Å². The highest BCUT2D eigenvalue weighted by Crippen LogP contribution is 2.27. The summed E-state index contributed by atoms with van der Waals surface area (Å²) < 4.78 is 5.37. The molecule has 0 radical (unpaired) electrons. The van der Waals surface area contributed by atoms with Crippen molar-refractivity contribution in [3.63, 3.8) is 0 Å². The zero-order valence-corrected chi connectivity index (χ0v) is 13.7. The number of nitrogens with one attached hydrogen (secondary N) is 2. The number of hydrogen-bond acceptors (Lipinski definition) is 6. The summed E-state index contributed by atoms with van der Waals surface area (Å²) in [4.78, 5) is 4.52. The van der Waals surface area contributed by atoms with E-state index in [4.69, 9.17) is 4.74 Å². The molecule has 6 heteroatoms. The Morgan fingerprint density at radius 2 is 2.00 bits per heavy atom. The van der Waals surface area contributed by atoms with Gasteiger partial charge in [0, 0.05) is 6.04 Å². The minimum absolute atomic E-state index is 0.467. The van der Waals surface area contributed by atoms with E-state index in [1.54, 1.807) is 13.3 Å². The van der Waals surface area contributed by atoms with Crippen molar-refractivity contribution < 1.29 is 4.74 Å². The van der Waals surface area contributed by atoms with E-state index >= 15 is 0 Å². The van der Waals surface area contributed by atoms with Gasteiger partial charge in [-0.3, -0.25) is 0 Å². The van der Waals surface area contributed by atoms with Crippen molar-refractivity contribution in [2.75, 3.05) is 17.7 Å². The lowest BCUT2D eigenvalue weighted by atomic mass is 9.96. The lowest BCUT2D eigenvalue weighted by molar-refractivity contribution is 0.416. The van der Waals surface area contributed by atoms with E-state index in [2.05, 4.69) is 25.8 Å². The minimum Gasteiger partial charge on any atom is -0.495 e. The van der Waals surface area contributed by atoms with Gasteiger partial charge in [-0.2, -0.15) is 10.1 Å². The van der Waals surface area contributed by atoms with Crippen LogP contribution in [0.2, 0.25) is 0 Å². The number of anilines is 3. The van der Waals surface area contributed by atoms with Gasteiger partial charge in [-0.05, 0) is 37.5 Å². The Morgan fingerprint density at radius 1 is 1.17 bits per heavy atom. The van der Waals surface area contributed by atoms with E-state index in [0.29, 0.717) is 12.0 Å². The molecule has 2 aromatic rings. The third kappa shape index (κ3) is 4.09. The number of aryl methyl sites for hydroxylation is 1. The van der Waals surface area contributed by atoms with Crippen LogP contribution in [0.4, 0.5) is 17.5 Å². The summed E-state index contributed by atoms with van der Waals surface area (Å²) in [5.74, 6) is 1.99. The molecule has 0 spiro atoms. The lowest BCUT2D eigenvalue weighted by Crippen LogP contribution is -2.23. The van der Waals surface area contributed by atoms with Crippen molar-refractivity contribution in [2.24, 2.45) is 0 Å². The summed E-state index contributed by atoms with van der Waals surface area (Å²) in [6.07, 6.45) is 7.95. The Bertz CT molecular complexity index is 655. The Morgan fingerprint density at radius 3 is 2.78 bits per heavy atom. The van der Waals surface area contributed by atoms with Crippen LogP contribution in [0.3, 0.4) is 0 Å². The molecule has 1 fully saturated rings. The molecule has 0 unspecified atom stereocenters. The smallest absolute Gasteiger partial charge is 0.249 e. The van der Waals surface area contributed by atoms with E-state index in [1.165, 1.54) is 32.1 Å². The fourth-order valence-electron chi connectivity index (χ4n) is 2.92. The van der Waals surface area contributed by atoms with Gasteiger partial charge in [0.2, 0.25) is 5.95 Å². The number of nitrogens with zero attached hydrogens (tertiary/aromatic N) is 3. The van der Waals surface area contributed by atoms with Gasteiger partial charge >= 0.3 is 0 Å². The quantitative estimate of drug-likeness (QED) is 0.877. The van der Waals surface area contributed by atoms with Crippen molar-refractivity contribution in [3.8, 4) is 5.75 Å². The second kappa shape index (κ2) is 7.26. The predicted octanol–water partition coefficient (Wildman–Crippen LogP) is 3.68. The van der Waals surface area contributed by atoms with E-state index in [9.17, 15) is 0 Å². The predicted molar refractivity (Wildman–Crippen MR) is 91.3 cm³/mol. The average Bonchev–Trinajstić information content (AvgIpc) is 2.56. The molecule has 3 rings (SSSR count). The topological polar surface area (TPSA) is 72.0 Å². The monoisotopic (exact) mass is 313 g/mol. The van der Waals surface area contributed by atoms with Crippen molar-refractivity contribution in [1.29, 1.82) is 0 Å². The van der Waals surface area contributed by atoms with Gasteiger partial charge in [-0.25, -0.2) is 0 Å². The summed E-state index contributed by atoms with van der Waals surface area (Å²) in [6, 6.07) is 6.42. The van der Waals surface area contributed by atoms with E-state index < -0.39 is 0 Å². The highest BCUT2D eigenvalue weighted by molar-refractivity contribution is 5.63. The summed E-state index contributed by atoms with van der Waals surface area (Å²) in [5, 5.41) is 14.8. The number of hydrogen-bond donors (Lipinski definition) is 2. The van der Waals surface area contributed by atoms with Crippen LogP contribution in [-0.2, 0) is 0 Å². The molecule has 0 aliphatic heterocycles. The molecule has 1 saturated carbocycles. The summed E-state index contributed by atoms with van der Waals surface area (Å²) in [5.41, 5.74) is 1.97. The molecular formula is C17H23N5O. The van der Waals surface area contributed by atoms with Crippen molar-refractivity contribution in [1.82, 2.24) is 15.2 Å². The summed E-state index contributed by atoms with van der Waals surface area (Å²) in [6.45, 7) is 2.03. The summed E-state index contributed by atoms with van der Waals surface area (Å²) in [7, 11) is 1.65. The fourth-order valence-corrected chi connectivity index (χ4v) is 2.92. The van der Waals surface area contributed by atoms with Gasteiger partial charge in [-0.1, -0.05) is 25.3 Å². The van der Waals surface area contributed by atoms with Gasteiger partial charge in [0.1, 0.15) is 5.75 Å². The molecule has 2 N–H and O–H groups in total. The first-order valence-electron chi connectivity index (χ1n) is 8.12. The Balaban J connectivity index is 1.73. The fraction of sp³-hybridized carbons (Fsp3) is 0.471. The van der Waals surface area contributed by atoms with Crippen LogP contribution in [0.15, 0.2) is 24.4 Å². The van der Waals surface area contributed by atoms with E-state index in [0.717, 1.165) is 22.8 Å². The first-order chi connectivity index (χ1) is 11.2. The highest BCUT2D eigenvalue weighted by Gasteiger charge is 2.14. The zero-order chi connectivity index (χ0) is 16.1. The lowest BCUT2D eigenvalue weighted by Gasteiger charge is -2.23. The molecule has 0 saturated heterocycles. The highest BCUT2D eigenvalue weighted by atomic mass is 16.5. The van der Waals surface area contributed by atoms with Crippen molar-refractivity contribution in [2.45, 2.75) is 45.1 Å². The first kappa shape index (κ1) is 15.5. The molecule has 23 heavy (non-hydrogen) atoms. The standard InChI is InChI=1S/C17H23N5O/c1-12-8-9-15(23-2)14(10-12)20-17-21-16(11-18-22-17)19-13-6-4-3-5-7-13/h8-11,13H,3-7H2,1-2H3,(H2,19,20,21,22).